The van der Waals surface area contributed by atoms with Crippen LogP contribution in [-0.2, 0) is 46.2 Å². The monoisotopic (exact) mass is 1500 g/mol. The van der Waals surface area contributed by atoms with E-state index in [0.717, 1.165) is 50.9 Å². The van der Waals surface area contributed by atoms with Gasteiger partial charge in [0, 0.05) is 17.9 Å². The van der Waals surface area contributed by atoms with Crippen LogP contribution in [0, 0.1) is 24.7 Å². The lowest BCUT2D eigenvalue weighted by atomic mass is 9.91. The van der Waals surface area contributed by atoms with Crippen molar-refractivity contribution in [3.63, 3.8) is 0 Å². The minimum absolute atomic E-state index is 0.00175. The van der Waals surface area contributed by atoms with E-state index in [1.165, 1.54) is 6.40 Å². The Morgan fingerprint density at radius 2 is 0.816 bits per heavy atom. The summed E-state index contributed by atoms with van der Waals surface area (Å²) >= 11 is 0. The van der Waals surface area contributed by atoms with Gasteiger partial charge in [-0.3, -0.25) is 4.79 Å². The van der Waals surface area contributed by atoms with Gasteiger partial charge in [-0.1, -0.05) is 208 Å². The lowest BCUT2D eigenvalue weighted by molar-refractivity contribution is -0.140. The molecule has 0 radical (unpaired) electrons. The number of fused-ring (bicyclic) bond motifs is 6. The number of amides is 3. The SMILES string of the molecule is CC(C)(C)[Si](C)(C)OC[C@H](NC(=O)OCC1c2ccccc2-c2ccccc21)C(=O)O.CC(C)CC(N)[C@H](O)[C@@]1(CO[Si](C)(C)C(C)(C)C)CO1.CC(C)CC(NC(=O)[C@H](CO[Si](C)(C)C(C)(C)C)NC(=O)OCC1c2ccccc2-c2ccccc21)[C@H](O)[C@@]1(CO[Si](C)(C)C(C)(C)C)CO1.[2H]C#C. The molecule has 3 amide bonds. The Labute approximate surface area is 622 Å². The van der Waals surface area contributed by atoms with Gasteiger partial charge in [-0.2, -0.15) is 0 Å². The highest BCUT2D eigenvalue weighted by molar-refractivity contribution is 6.75. The fourth-order valence-corrected chi connectivity index (χ4v) is 15.4. The van der Waals surface area contributed by atoms with E-state index in [1.807, 2.05) is 87.6 Å². The topological polar surface area (TPSA) is 272 Å². The van der Waals surface area contributed by atoms with E-state index in [0.29, 0.717) is 32.2 Å². The number of carboxylic acid groups (broad SMARTS) is 1. The van der Waals surface area contributed by atoms with Crippen LogP contribution in [0.1, 0.15) is 159 Å². The van der Waals surface area contributed by atoms with Gasteiger partial charge in [0.1, 0.15) is 44.0 Å². The van der Waals surface area contributed by atoms with Gasteiger partial charge in [-0.25, -0.2) is 14.4 Å². The van der Waals surface area contributed by atoms with Crippen molar-refractivity contribution in [3.8, 4) is 35.1 Å². The number of hydrogen-bond acceptors (Lipinski definition) is 15. The molecule has 4 aromatic rings. The van der Waals surface area contributed by atoms with Gasteiger partial charge in [0.05, 0.1) is 45.7 Å². The van der Waals surface area contributed by atoms with E-state index in [9.17, 15) is 34.5 Å². The van der Waals surface area contributed by atoms with Crippen molar-refractivity contribution in [1.29, 1.82) is 0 Å². The second kappa shape index (κ2) is 35.4. The zero-order valence-electron chi connectivity index (χ0n) is 67.5. The molecule has 2 aliphatic carbocycles. The first-order valence-corrected chi connectivity index (χ1v) is 48.1. The van der Waals surface area contributed by atoms with Crippen LogP contribution in [0.4, 0.5) is 9.59 Å². The second-order valence-corrected chi connectivity index (χ2v) is 54.5. The van der Waals surface area contributed by atoms with E-state index in [1.54, 1.807) is 0 Å². The standard InChI is InChI=1S/C39H62N2O7Si2.C24H31NO5Si.C15H33NO3Si.C2H2/c1-26(2)21-32(34(42)39(24-46-39)25-48-50(11,12)38(6,7)8)40-35(43)33(23-47-49(9,10)37(3,4)5)41-36(44)45-22-31-29-19-15-13-17-27(29)28-18-14-16-20-30(28)31;1-24(2,3)31(4,5)30-15-21(22(26)27)25-23(28)29-14-20-18-12-8-6-10-16(18)17-11-7-9-13-19(17)20;1-11(2)8-12(16)13(17)15(9-18-15)10-19-20(6,7)14(3,4)5;1-2/h13-20,26,31-34,42H,21-25H2,1-12H3,(H,40,43)(H,41,44);6-13,20-21H,14-15H2,1-5H3,(H,25,28)(H,26,27);11-13,17H,8-10,16H2,1-7H3;1-2H/t32?,33-,34-,39-;21-;12?,13-,15-;/m000./s1/i;;;1D. The number of hydrogen-bond donors (Lipinski definition) is 7. The predicted molar refractivity (Wildman–Crippen MR) is 422 cm³/mol. The Hall–Kier alpha value is -5.57. The highest BCUT2D eigenvalue weighted by atomic mass is 28.4. The fourth-order valence-electron chi connectivity index (χ4n) is 11.3. The number of carbonyl (C=O) groups is 4. The van der Waals surface area contributed by atoms with Crippen LogP contribution in [0.25, 0.3) is 22.3 Å². The van der Waals surface area contributed by atoms with Crippen molar-refractivity contribution >= 4 is 57.3 Å². The van der Waals surface area contributed by atoms with Gasteiger partial charge in [-0.15, -0.1) is 12.8 Å². The molecule has 2 heterocycles. The Kier molecular flexibility index (Phi) is 29.7. The van der Waals surface area contributed by atoms with Gasteiger partial charge < -0.3 is 73.7 Å². The number of carbonyl (C=O) groups excluding carboxylic acids is 3. The molecule has 19 nitrogen and oxygen atoms in total. The maximum absolute atomic E-state index is 14.1. The zero-order valence-corrected chi connectivity index (χ0v) is 70.5. The van der Waals surface area contributed by atoms with Crippen molar-refractivity contribution < 1.29 is 72.5 Å². The number of aliphatic hydroxyl groups excluding tert-OH is 2. The van der Waals surface area contributed by atoms with Gasteiger partial charge in [-0.05, 0) is 142 Å². The minimum atomic E-state index is -2.29. The highest BCUT2D eigenvalue weighted by Gasteiger charge is 2.57. The Balaban J connectivity index is 0.000000304. The molecule has 23 heteroatoms. The van der Waals surface area contributed by atoms with Crippen molar-refractivity contribution in [2.24, 2.45) is 17.6 Å². The number of terminal acetylenes is 1. The van der Waals surface area contributed by atoms with E-state index in [-0.39, 0.29) is 77.0 Å². The maximum atomic E-state index is 14.1. The Morgan fingerprint density at radius 1 is 0.524 bits per heavy atom. The van der Waals surface area contributed by atoms with E-state index in [4.69, 9.17) is 43.8 Å². The van der Waals surface area contributed by atoms with Crippen molar-refractivity contribution in [3.05, 3.63) is 119 Å². The summed E-state index contributed by atoms with van der Waals surface area (Å²) in [7, 11) is -8.36. The highest BCUT2D eigenvalue weighted by Crippen LogP contribution is 2.48. The largest absolute Gasteiger partial charge is 0.480 e. The molecule has 0 saturated carbocycles. The molecule has 2 unspecified atom stereocenters. The molecular weight excluding hydrogens is 1370 g/mol. The molecule has 4 aromatic carbocycles. The summed E-state index contributed by atoms with van der Waals surface area (Å²) < 4.78 is 53.6. The molecule has 0 spiro atoms. The van der Waals surface area contributed by atoms with Crippen LogP contribution >= 0.6 is 0 Å². The molecule has 8 N–H and O–H groups in total. The average Bonchev–Trinajstić information content (AvgIpc) is 1.64. The van der Waals surface area contributed by atoms with Gasteiger partial charge in [0.25, 0.3) is 0 Å². The van der Waals surface area contributed by atoms with Crippen molar-refractivity contribution in [1.82, 2.24) is 16.0 Å². The summed E-state index contributed by atoms with van der Waals surface area (Å²) in [6.45, 7) is 52.9. The van der Waals surface area contributed by atoms with Crippen LogP contribution in [0.5, 0.6) is 0 Å². The van der Waals surface area contributed by atoms with Crippen LogP contribution < -0.4 is 21.7 Å². The lowest BCUT2D eigenvalue weighted by Gasteiger charge is -2.38. The number of aliphatic hydroxyl groups is 2. The number of alkyl carbamates (subject to hydrolysis) is 2. The normalized spacial score (nSPS) is 19.2. The summed E-state index contributed by atoms with van der Waals surface area (Å²) in [5, 5.41) is 40.1. The molecule has 8 atom stereocenters. The number of epoxide rings is 2. The first-order valence-electron chi connectivity index (χ1n) is 37.0. The number of benzene rings is 4. The van der Waals surface area contributed by atoms with Crippen LogP contribution in [0.15, 0.2) is 97.1 Å². The quantitative estimate of drug-likeness (QED) is 0.0151. The van der Waals surface area contributed by atoms with Crippen LogP contribution in [0.2, 0.25) is 72.5 Å². The number of aliphatic carboxylic acids is 1. The van der Waals surface area contributed by atoms with Gasteiger partial charge in [0.15, 0.2) is 39.3 Å². The maximum Gasteiger partial charge on any atom is 0.407 e. The number of rotatable bonds is 29. The summed E-state index contributed by atoms with van der Waals surface area (Å²) in [5.41, 5.74) is 13.6. The number of carboxylic acids is 1. The molecule has 8 rings (SSSR count). The van der Waals surface area contributed by atoms with E-state index >= 15 is 0 Å². The van der Waals surface area contributed by atoms with Crippen molar-refractivity contribution in [2.75, 3.05) is 52.9 Å². The van der Waals surface area contributed by atoms with Gasteiger partial charge >= 0.3 is 18.2 Å². The zero-order chi connectivity index (χ0) is 78.6. The molecule has 574 valence electrons. The summed E-state index contributed by atoms with van der Waals surface area (Å²) in [5.74, 6) is -1.14. The van der Waals surface area contributed by atoms with Crippen molar-refractivity contribution in [2.45, 2.75) is 256 Å². The lowest BCUT2D eigenvalue weighted by Crippen LogP contribution is -2.59. The first kappa shape index (κ1) is 86.3. The minimum Gasteiger partial charge on any atom is -0.480 e. The molecule has 0 aromatic heterocycles. The third-order valence-electron chi connectivity index (χ3n) is 22.4. The summed E-state index contributed by atoms with van der Waals surface area (Å²) in [6.07, 6.45) is 3.97. The number of nitrogens with one attached hydrogen (secondary N) is 3. The Bertz CT molecular complexity index is 3440. The molecule has 4 aliphatic rings. The number of nitrogens with two attached hydrogens (primary N) is 1. The smallest absolute Gasteiger partial charge is 0.407 e. The fraction of sp³-hybridized carbons (Fsp3) is 0.625. The molecule has 2 fully saturated rings. The van der Waals surface area contributed by atoms with Crippen LogP contribution in [0.3, 0.4) is 0 Å². The third kappa shape index (κ3) is 23.2. The molecule has 2 saturated heterocycles. The first-order chi connectivity index (χ1) is 47.9. The molecular formula is C80H128N4O15Si4. The average molecular weight is 1500 g/mol. The molecule has 103 heavy (non-hydrogen) atoms. The molecule has 2 aliphatic heterocycles. The second-order valence-electron chi connectivity index (χ2n) is 35.3. The predicted octanol–water partition coefficient (Wildman–Crippen LogP) is 15.4. The summed E-state index contributed by atoms with van der Waals surface area (Å²) in [4.78, 5) is 51.6. The van der Waals surface area contributed by atoms with E-state index in [2.05, 4.69) is 195 Å². The Morgan fingerprint density at radius 3 is 1.12 bits per heavy atom. The molecule has 0 bridgehead atoms. The van der Waals surface area contributed by atoms with Gasteiger partial charge in [0.2, 0.25) is 5.91 Å². The van der Waals surface area contributed by atoms with E-state index < -0.39 is 98.9 Å². The van der Waals surface area contributed by atoms with Crippen LogP contribution in [-0.4, -0.2) is 173 Å². The third-order valence-corrected chi connectivity index (χ3v) is 40.3. The summed E-state index contributed by atoms with van der Waals surface area (Å²) in [6, 6.07) is 29.4. The number of ether oxygens (including phenoxy) is 4.